The largest absolute Gasteiger partial charge is 0.368 e. The summed E-state index contributed by atoms with van der Waals surface area (Å²) in [5.41, 5.74) is 6.73. The molecule has 0 aromatic heterocycles. The molecule has 0 bridgehead atoms. The fourth-order valence-corrected chi connectivity index (χ4v) is 2.37. The molecule has 0 spiro atoms. The van der Waals surface area contributed by atoms with E-state index in [1.807, 2.05) is 11.0 Å². The molecule has 1 aliphatic rings. The predicted octanol–water partition coefficient (Wildman–Crippen LogP) is 2.17. The number of anilines is 1. The highest BCUT2D eigenvalue weighted by molar-refractivity contribution is 5.80. The summed E-state index contributed by atoms with van der Waals surface area (Å²) in [5, 5.41) is 3.34. The van der Waals surface area contributed by atoms with Crippen LogP contribution in [0.3, 0.4) is 0 Å². The van der Waals surface area contributed by atoms with Crippen LogP contribution in [0.2, 0.25) is 0 Å². The van der Waals surface area contributed by atoms with Crippen molar-refractivity contribution >= 4 is 11.6 Å². The number of primary amides is 1. The second kappa shape index (κ2) is 7.41. The molecule has 116 valence electrons. The van der Waals surface area contributed by atoms with Crippen molar-refractivity contribution in [1.82, 2.24) is 5.32 Å². The molecule has 0 unspecified atom stereocenters. The van der Waals surface area contributed by atoms with Gasteiger partial charge in [0.25, 0.3) is 0 Å². The molecule has 2 rings (SSSR count). The highest BCUT2D eigenvalue weighted by Gasteiger charge is 2.22. The summed E-state index contributed by atoms with van der Waals surface area (Å²) in [6.45, 7) is 3.41. The average molecular weight is 293 g/mol. The molecule has 0 atom stereocenters. The van der Waals surface area contributed by atoms with Gasteiger partial charge in [0.15, 0.2) is 0 Å². The fourth-order valence-electron chi connectivity index (χ4n) is 2.37. The molecule has 0 saturated heterocycles. The van der Waals surface area contributed by atoms with Crippen molar-refractivity contribution < 1.29 is 9.18 Å². The molecule has 5 heteroatoms. The second-order valence-electron chi connectivity index (χ2n) is 5.63. The number of nitrogens with two attached hydrogens (primary N) is 1. The summed E-state index contributed by atoms with van der Waals surface area (Å²) in [6, 6.07) is 5.53. The zero-order valence-corrected chi connectivity index (χ0v) is 12.6. The highest BCUT2D eigenvalue weighted by Crippen LogP contribution is 2.26. The fraction of sp³-hybridized carbons (Fsp3) is 0.562. The summed E-state index contributed by atoms with van der Waals surface area (Å²) in [7, 11) is 0. The van der Waals surface area contributed by atoms with Crippen LogP contribution in [0, 0.1) is 5.82 Å². The van der Waals surface area contributed by atoms with Crippen LogP contribution in [0.4, 0.5) is 10.1 Å². The first-order valence-electron chi connectivity index (χ1n) is 7.65. The standard InChI is InChI=1S/C16H24FN3O/c1-2-3-9-20(11-16(18)21)15-6-4-5-14(17)13(15)10-19-12-7-8-12/h4-6,12,19H,2-3,7-11H2,1H3,(H2,18,21). The maximum atomic E-state index is 14.2. The first-order valence-corrected chi connectivity index (χ1v) is 7.65. The van der Waals surface area contributed by atoms with Crippen LogP contribution in [-0.4, -0.2) is 25.0 Å². The zero-order valence-electron chi connectivity index (χ0n) is 12.6. The molecule has 1 aliphatic carbocycles. The second-order valence-corrected chi connectivity index (χ2v) is 5.63. The normalized spacial score (nSPS) is 14.2. The van der Waals surface area contributed by atoms with Crippen LogP contribution in [-0.2, 0) is 11.3 Å². The molecule has 1 aromatic rings. The van der Waals surface area contributed by atoms with Gasteiger partial charge in [0.1, 0.15) is 5.82 Å². The third-order valence-corrected chi connectivity index (χ3v) is 3.71. The Kier molecular flexibility index (Phi) is 5.56. The SMILES string of the molecule is CCCCN(CC(N)=O)c1cccc(F)c1CNC1CC1. The van der Waals surface area contributed by atoms with Gasteiger partial charge < -0.3 is 16.0 Å². The van der Waals surface area contributed by atoms with E-state index in [0.29, 0.717) is 24.7 Å². The van der Waals surface area contributed by atoms with Gasteiger partial charge in [0.05, 0.1) is 6.54 Å². The van der Waals surface area contributed by atoms with Gasteiger partial charge in [0, 0.05) is 30.4 Å². The molecule has 4 nitrogen and oxygen atoms in total. The lowest BCUT2D eigenvalue weighted by Crippen LogP contribution is -2.35. The van der Waals surface area contributed by atoms with Crippen molar-refractivity contribution in [3.63, 3.8) is 0 Å². The summed E-state index contributed by atoms with van der Waals surface area (Å²) in [4.78, 5) is 13.2. The number of rotatable bonds is 9. The van der Waals surface area contributed by atoms with E-state index in [9.17, 15) is 9.18 Å². The van der Waals surface area contributed by atoms with Crippen LogP contribution >= 0.6 is 0 Å². The van der Waals surface area contributed by atoms with Crippen molar-refractivity contribution in [3.05, 3.63) is 29.6 Å². The Labute approximate surface area is 125 Å². The minimum atomic E-state index is -0.392. The Hall–Kier alpha value is -1.62. The van der Waals surface area contributed by atoms with Gasteiger partial charge in [-0.2, -0.15) is 0 Å². The van der Waals surface area contributed by atoms with E-state index in [1.54, 1.807) is 6.07 Å². The smallest absolute Gasteiger partial charge is 0.236 e. The highest BCUT2D eigenvalue weighted by atomic mass is 19.1. The lowest BCUT2D eigenvalue weighted by Gasteiger charge is -2.26. The molecular weight excluding hydrogens is 269 g/mol. The number of benzene rings is 1. The molecule has 1 saturated carbocycles. The number of nitrogens with one attached hydrogen (secondary N) is 1. The van der Waals surface area contributed by atoms with E-state index < -0.39 is 5.91 Å². The lowest BCUT2D eigenvalue weighted by molar-refractivity contribution is -0.116. The average Bonchev–Trinajstić information content (AvgIpc) is 3.25. The van der Waals surface area contributed by atoms with Crippen molar-refractivity contribution in [1.29, 1.82) is 0 Å². The number of amides is 1. The van der Waals surface area contributed by atoms with E-state index in [2.05, 4.69) is 12.2 Å². The number of nitrogens with zero attached hydrogens (tertiary/aromatic N) is 1. The minimum Gasteiger partial charge on any atom is -0.368 e. The van der Waals surface area contributed by atoms with E-state index in [4.69, 9.17) is 5.73 Å². The molecule has 0 radical (unpaired) electrons. The van der Waals surface area contributed by atoms with Crippen molar-refractivity contribution in [2.24, 2.45) is 5.73 Å². The van der Waals surface area contributed by atoms with Gasteiger partial charge in [-0.05, 0) is 31.4 Å². The molecule has 3 N–H and O–H groups in total. The first-order chi connectivity index (χ1) is 10.1. The van der Waals surface area contributed by atoms with E-state index in [-0.39, 0.29) is 12.4 Å². The molecule has 1 aromatic carbocycles. The summed E-state index contributed by atoms with van der Waals surface area (Å²) in [6.07, 6.45) is 4.27. The van der Waals surface area contributed by atoms with Gasteiger partial charge in [-0.15, -0.1) is 0 Å². The number of halogens is 1. The maximum Gasteiger partial charge on any atom is 0.236 e. The Morgan fingerprint density at radius 1 is 1.48 bits per heavy atom. The van der Waals surface area contributed by atoms with E-state index in [1.165, 1.54) is 6.07 Å². The third-order valence-electron chi connectivity index (χ3n) is 3.71. The van der Waals surface area contributed by atoms with Crippen LogP contribution < -0.4 is 16.0 Å². The van der Waals surface area contributed by atoms with Crippen LogP contribution in [0.15, 0.2) is 18.2 Å². The van der Waals surface area contributed by atoms with E-state index >= 15 is 0 Å². The summed E-state index contributed by atoms with van der Waals surface area (Å²) >= 11 is 0. The maximum absolute atomic E-state index is 14.2. The Bertz CT molecular complexity index is 488. The molecule has 21 heavy (non-hydrogen) atoms. The number of hydrogen-bond acceptors (Lipinski definition) is 3. The monoisotopic (exact) mass is 293 g/mol. The number of unbranched alkanes of at least 4 members (excludes halogenated alkanes) is 1. The van der Waals surface area contributed by atoms with Gasteiger partial charge in [0.2, 0.25) is 5.91 Å². The number of carbonyl (C=O) groups excluding carboxylic acids is 1. The van der Waals surface area contributed by atoms with E-state index in [0.717, 1.165) is 31.4 Å². The zero-order chi connectivity index (χ0) is 15.2. The minimum absolute atomic E-state index is 0.125. The number of hydrogen-bond donors (Lipinski definition) is 2. The predicted molar refractivity (Wildman–Crippen MR) is 82.6 cm³/mol. The van der Waals surface area contributed by atoms with Gasteiger partial charge >= 0.3 is 0 Å². The molecule has 1 amide bonds. The summed E-state index contributed by atoms with van der Waals surface area (Å²) < 4.78 is 14.2. The molecule has 0 heterocycles. The lowest BCUT2D eigenvalue weighted by atomic mass is 10.1. The summed E-state index contributed by atoms with van der Waals surface area (Å²) in [5.74, 6) is -0.622. The van der Waals surface area contributed by atoms with Crippen molar-refractivity contribution in [3.8, 4) is 0 Å². The van der Waals surface area contributed by atoms with Gasteiger partial charge in [-0.3, -0.25) is 4.79 Å². The number of carbonyl (C=O) groups is 1. The van der Waals surface area contributed by atoms with Gasteiger partial charge in [-0.1, -0.05) is 19.4 Å². The molecule has 1 fully saturated rings. The Balaban J connectivity index is 2.19. The van der Waals surface area contributed by atoms with Crippen LogP contribution in [0.1, 0.15) is 38.2 Å². The van der Waals surface area contributed by atoms with Crippen LogP contribution in [0.25, 0.3) is 0 Å². The van der Waals surface area contributed by atoms with Crippen molar-refractivity contribution in [2.45, 2.75) is 45.2 Å². The molecular formula is C16H24FN3O. The molecule has 0 aliphatic heterocycles. The van der Waals surface area contributed by atoms with Gasteiger partial charge in [-0.25, -0.2) is 4.39 Å². The first kappa shape index (κ1) is 15.8. The van der Waals surface area contributed by atoms with Crippen LogP contribution in [0.5, 0.6) is 0 Å². The quantitative estimate of drug-likeness (QED) is 0.733. The Morgan fingerprint density at radius 3 is 2.86 bits per heavy atom. The topological polar surface area (TPSA) is 58.4 Å². The Morgan fingerprint density at radius 2 is 2.24 bits per heavy atom. The third kappa shape index (κ3) is 4.70. The van der Waals surface area contributed by atoms with Crippen molar-refractivity contribution in [2.75, 3.05) is 18.0 Å².